The fraction of sp³-hybridized carbons (Fsp3) is 0.417. The van der Waals surface area contributed by atoms with Gasteiger partial charge in [0.1, 0.15) is 6.29 Å². The molecule has 7 nitrogen and oxygen atoms in total. The van der Waals surface area contributed by atoms with Crippen molar-refractivity contribution >= 4 is 22.0 Å². The molecule has 0 aliphatic carbocycles. The molecule has 20 heavy (non-hydrogen) atoms. The largest absolute Gasteiger partial charge is 0.303 e. The van der Waals surface area contributed by atoms with E-state index in [-0.39, 0.29) is 29.6 Å². The van der Waals surface area contributed by atoms with Crippen LogP contribution in [0, 0.1) is 16.0 Å². The summed E-state index contributed by atoms with van der Waals surface area (Å²) in [5.74, 6) is -0.105. The standard InChI is InChI=1S/C12H14N2O5S/c15-9-10-4-6-13(7-5-10)20(18,19)12-3-1-2-11(8-12)14(16)17/h1-3,8-10H,4-7H2. The van der Waals surface area contributed by atoms with Crippen LogP contribution >= 0.6 is 0 Å². The molecule has 108 valence electrons. The summed E-state index contributed by atoms with van der Waals surface area (Å²) in [4.78, 5) is 20.6. The molecule has 1 heterocycles. The van der Waals surface area contributed by atoms with Gasteiger partial charge in [-0.25, -0.2) is 8.42 Å². The molecule has 0 spiro atoms. The van der Waals surface area contributed by atoms with Crippen molar-refractivity contribution < 1.29 is 18.1 Å². The van der Waals surface area contributed by atoms with Gasteiger partial charge in [0.15, 0.2) is 0 Å². The number of sulfonamides is 1. The van der Waals surface area contributed by atoms with Crippen molar-refractivity contribution in [2.24, 2.45) is 5.92 Å². The zero-order chi connectivity index (χ0) is 14.8. The van der Waals surface area contributed by atoms with Crippen LogP contribution in [-0.2, 0) is 14.8 Å². The lowest BCUT2D eigenvalue weighted by molar-refractivity contribution is -0.385. The third kappa shape index (κ3) is 2.86. The Hall–Kier alpha value is -1.80. The molecule has 0 unspecified atom stereocenters. The van der Waals surface area contributed by atoms with E-state index in [1.807, 2.05) is 0 Å². The first-order chi connectivity index (χ1) is 9.45. The Balaban J connectivity index is 2.25. The number of piperidine rings is 1. The van der Waals surface area contributed by atoms with E-state index in [9.17, 15) is 23.3 Å². The van der Waals surface area contributed by atoms with Gasteiger partial charge in [-0.2, -0.15) is 4.31 Å². The zero-order valence-corrected chi connectivity index (χ0v) is 11.5. The number of nitrogens with zero attached hydrogens (tertiary/aromatic N) is 2. The minimum Gasteiger partial charge on any atom is -0.303 e. The molecule has 2 rings (SSSR count). The summed E-state index contributed by atoms with van der Waals surface area (Å²) >= 11 is 0. The van der Waals surface area contributed by atoms with Gasteiger partial charge < -0.3 is 4.79 Å². The zero-order valence-electron chi connectivity index (χ0n) is 10.6. The van der Waals surface area contributed by atoms with Crippen LogP contribution in [-0.4, -0.2) is 37.0 Å². The Morgan fingerprint density at radius 2 is 1.95 bits per heavy atom. The van der Waals surface area contributed by atoms with E-state index in [0.717, 1.165) is 12.4 Å². The molecule has 0 aromatic heterocycles. The number of carbonyl (C=O) groups excluding carboxylic acids is 1. The second-order valence-electron chi connectivity index (χ2n) is 4.63. The van der Waals surface area contributed by atoms with Crippen LogP contribution in [0.1, 0.15) is 12.8 Å². The van der Waals surface area contributed by atoms with Crippen molar-refractivity contribution in [3.8, 4) is 0 Å². The first-order valence-electron chi connectivity index (χ1n) is 6.15. The highest BCUT2D eigenvalue weighted by Gasteiger charge is 2.30. The molecular weight excluding hydrogens is 284 g/mol. The molecule has 0 N–H and O–H groups in total. The lowest BCUT2D eigenvalue weighted by atomic mass is 10.0. The third-order valence-corrected chi connectivity index (χ3v) is 5.25. The highest BCUT2D eigenvalue weighted by Crippen LogP contribution is 2.25. The maximum Gasteiger partial charge on any atom is 0.270 e. The summed E-state index contributed by atoms with van der Waals surface area (Å²) in [6.07, 6.45) is 1.81. The van der Waals surface area contributed by atoms with Gasteiger partial charge in [-0.1, -0.05) is 6.07 Å². The quantitative estimate of drug-likeness (QED) is 0.472. The average molecular weight is 298 g/mol. The van der Waals surface area contributed by atoms with Gasteiger partial charge in [0.25, 0.3) is 5.69 Å². The van der Waals surface area contributed by atoms with Crippen molar-refractivity contribution in [2.75, 3.05) is 13.1 Å². The summed E-state index contributed by atoms with van der Waals surface area (Å²) in [6, 6.07) is 5.00. The predicted molar refractivity (Wildman–Crippen MR) is 70.6 cm³/mol. The number of non-ortho nitro benzene ring substituents is 1. The van der Waals surface area contributed by atoms with Crippen molar-refractivity contribution in [2.45, 2.75) is 17.7 Å². The molecule has 0 bridgehead atoms. The Morgan fingerprint density at radius 1 is 1.30 bits per heavy atom. The molecule has 0 saturated carbocycles. The molecule has 1 aromatic rings. The van der Waals surface area contributed by atoms with Crippen LogP contribution in [0.25, 0.3) is 0 Å². The first kappa shape index (κ1) is 14.6. The van der Waals surface area contributed by atoms with Gasteiger partial charge >= 0.3 is 0 Å². The minimum absolute atomic E-state index is 0.0868. The molecular formula is C12H14N2O5S. The highest BCUT2D eigenvalue weighted by molar-refractivity contribution is 7.89. The van der Waals surface area contributed by atoms with Gasteiger partial charge in [-0.15, -0.1) is 0 Å². The molecule has 1 aliphatic rings. The van der Waals surface area contributed by atoms with Crippen molar-refractivity contribution in [1.29, 1.82) is 0 Å². The summed E-state index contributed by atoms with van der Waals surface area (Å²) in [7, 11) is -3.74. The van der Waals surface area contributed by atoms with E-state index in [4.69, 9.17) is 0 Å². The van der Waals surface area contributed by atoms with E-state index in [1.165, 1.54) is 22.5 Å². The van der Waals surface area contributed by atoms with E-state index in [0.29, 0.717) is 12.8 Å². The van der Waals surface area contributed by atoms with Crippen LogP contribution in [0.15, 0.2) is 29.2 Å². The van der Waals surface area contributed by atoms with Crippen molar-refractivity contribution in [3.63, 3.8) is 0 Å². The van der Waals surface area contributed by atoms with E-state index < -0.39 is 14.9 Å². The SMILES string of the molecule is O=CC1CCN(S(=O)(=O)c2cccc([N+](=O)[O-])c2)CC1. The lowest BCUT2D eigenvalue weighted by Gasteiger charge is -2.28. The first-order valence-corrected chi connectivity index (χ1v) is 7.59. The van der Waals surface area contributed by atoms with Crippen molar-refractivity contribution in [3.05, 3.63) is 34.4 Å². The predicted octanol–water partition coefficient (Wildman–Crippen LogP) is 1.19. The monoisotopic (exact) mass is 298 g/mol. The Morgan fingerprint density at radius 3 is 2.50 bits per heavy atom. The number of nitro benzene ring substituents is 1. The van der Waals surface area contributed by atoms with Gasteiger partial charge in [0.2, 0.25) is 10.0 Å². The Kier molecular flexibility index (Phi) is 4.15. The van der Waals surface area contributed by atoms with E-state index in [2.05, 4.69) is 0 Å². The molecule has 1 aliphatic heterocycles. The highest BCUT2D eigenvalue weighted by atomic mass is 32.2. The summed E-state index contributed by atoms with van der Waals surface area (Å²) in [6.45, 7) is 0.517. The fourth-order valence-electron chi connectivity index (χ4n) is 2.16. The third-order valence-electron chi connectivity index (χ3n) is 3.36. The molecule has 8 heteroatoms. The summed E-state index contributed by atoms with van der Waals surface area (Å²) < 4.78 is 26.0. The second kappa shape index (κ2) is 5.68. The molecule has 0 amide bonds. The summed E-state index contributed by atoms with van der Waals surface area (Å²) in [5, 5.41) is 10.7. The normalized spacial score (nSPS) is 17.8. The number of nitro groups is 1. The number of hydrogen-bond donors (Lipinski definition) is 0. The van der Waals surface area contributed by atoms with Crippen LogP contribution in [0.2, 0.25) is 0 Å². The smallest absolute Gasteiger partial charge is 0.270 e. The molecule has 1 fully saturated rings. The Labute approximate surface area is 116 Å². The van der Waals surface area contributed by atoms with Gasteiger partial charge in [0.05, 0.1) is 9.82 Å². The van der Waals surface area contributed by atoms with Crippen LogP contribution in [0.3, 0.4) is 0 Å². The van der Waals surface area contributed by atoms with Gasteiger partial charge in [-0.05, 0) is 18.9 Å². The number of carbonyl (C=O) groups is 1. The topological polar surface area (TPSA) is 97.6 Å². The summed E-state index contributed by atoms with van der Waals surface area (Å²) in [5.41, 5.74) is -0.256. The number of hydrogen-bond acceptors (Lipinski definition) is 5. The van der Waals surface area contributed by atoms with Gasteiger partial charge in [-0.3, -0.25) is 10.1 Å². The molecule has 0 radical (unpaired) electrons. The average Bonchev–Trinajstić information content (AvgIpc) is 2.47. The maximum atomic E-state index is 12.4. The number of rotatable bonds is 4. The van der Waals surface area contributed by atoms with Crippen LogP contribution in [0.5, 0.6) is 0 Å². The van der Waals surface area contributed by atoms with Crippen LogP contribution in [0.4, 0.5) is 5.69 Å². The minimum atomic E-state index is -3.74. The number of benzene rings is 1. The van der Waals surface area contributed by atoms with E-state index in [1.54, 1.807) is 0 Å². The lowest BCUT2D eigenvalue weighted by Crippen LogP contribution is -2.38. The maximum absolute atomic E-state index is 12.4. The molecule has 0 atom stereocenters. The second-order valence-corrected chi connectivity index (χ2v) is 6.57. The van der Waals surface area contributed by atoms with Crippen molar-refractivity contribution in [1.82, 2.24) is 4.31 Å². The molecule has 1 saturated heterocycles. The molecule has 1 aromatic carbocycles. The van der Waals surface area contributed by atoms with Crippen LogP contribution < -0.4 is 0 Å². The van der Waals surface area contributed by atoms with Gasteiger partial charge in [0, 0.05) is 31.1 Å². The number of aldehydes is 1. The Bertz CT molecular complexity index is 620. The van der Waals surface area contributed by atoms with E-state index >= 15 is 0 Å². The fourth-order valence-corrected chi connectivity index (χ4v) is 3.67.